The summed E-state index contributed by atoms with van der Waals surface area (Å²) in [6, 6.07) is 5.37. The van der Waals surface area contributed by atoms with Crippen LogP contribution in [-0.4, -0.2) is 81.7 Å². The Bertz CT molecular complexity index is 1080. The number of imide groups is 1. The lowest BCUT2D eigenvalue weighted by molar-refractivity contribution is -0.127. The highest BCUT2D eigenvalue weighted by atomic mass is 16.6. The summed E-state index contributed by atoms with van der Waals surface area (Å²) in [6.07, 6.45) is 2.91. The van der Waals surface area contributed by atoms with Crippen LogP contribution in [0.5, 0.6) is 0 Å². The van der Waals surface area contributed by atoms with Gasteiger partial charge in [0, 0.05) is 38.4 Å². The Balaban J connectivity index is 1.53. The number of carbonyl (C=O) groups excluding carboxylic acids is 2. The van der Waals surface area contributed by atoms with Crippen LogP contribution >= 0.6 is 0 Å². The summed E-state index contributed by atoms with van der Waals surface area (Å²) in [7, 11) is 2.13. The first-order valence-corrected chi connectivity index (χ1v) is 12.4. The number of anilines is 4. The minimum Gasteiger partial charge on any atom is -0.442 e. The molecule has 2 amide bonds. The standard InChI is InChI=1S/C25H36N8O3/c1-17(2)19-15-22(34)33(24(35)36-25(3,4)5)32(19)21-9-10-26-23(29-21)28-20-8-7-18(16-27-20)31-13-11-30(6)12-14-31/h7-10,16-17,19H,11-15H2,1-6H3,(H,26,27,28,29). The van der Waals surface area contributed by atoms with E-state index in [2.05, 4.69) is 37.1 Å². The predicted octanol–water partition coefficient (Wildman–Crippen LogP) is 3.28. The van der Waals surface area contributed by atoms with E-state index >= 15 is 0 Å². The molecule has 2 saturated heterocycles. The molecule has 2 aliphatic rings. The molecule has 0 spiro atoms. The Kier molecular flexibility index (Phi) is 7.30. The first-order valence-electron chi connectivity index (χ1n) is 12.4. The highest BCUT2D eigenvalue weighted by Crippen LogP contribution is 2.32. The first-order chi connectivity index (χ1) is 17.0. The van der Waals surface area contributed by atoms with Gasteiger partial charge in [0.15, 0.2) is 5.82 Å². The highest BCUT2D eigenvalue weighted by Gasteiger charge is 2.45. The Hall–Kier alpha value is -3.47. The van der Waals surface area contributed by atoms with E-state index in [1.54, 1.807) is 38.0 Å². The lowest BCUT2D eigenvalue weighted by Gasteiger charge is -2.34. The molecule has 194 valence electrons. The second kappa shape index (κ2) is 10.3. The molecule has 0 aromatic carbocycles. The van der Waals surface area contributed by atoms with Crippen LogP contribution in [0.4, 0.5) is 28.1 Å². The monoisotopic (exact) mass is 496 g/mol. The second-order valence-electron chi connectivity index (χ2n) is 10.6. The van der Waals surface area contributed by atoms with Crippen molar-refractivity contribution < 1.29 is 14.3 Å². The van der Waals surface area contributed by atoms with E-state index in [9.17, 15) is 9.59 Å². The molecule has 2 aromatic rings. The highest BCUT2D eigenvalue weighted by molar-refractivity contribution is 5.96. The van der Waals surface area contributed by atoms with Crippen molar-refractivity contribution >= 4 is 35.3 Å². The molecule has 1 unspecified atom stereocenters. The van der Waals surface area contributed by atoms with Crippen LogP contribution in [0.3, 0.4) is 0 Å². The van der Waals surface area contributed by atoms with E-state index in [4.69, 9.17) is 4.74 Å². The predicted molar refractivity (Wildman–Crippen MR) is 138 cm³/mol. The number of pyridine rings is 1. The Morgan fingerprint density at radius 2 is 1.83 bits per heavy atom. The van der Waals surface area contributed by atoms with Crippen LogP contribution in [0.2, 0.25) is 0 Å². The van der Waals surface area contributed by atoms with Crippen LogP contribution in [0, 0.1) is 5.92 Å². The number of ether oxygens (including phenoxy) is 1. The summed E-state index contributed by atoms with van der Waals surface area (Å²) in [5.41, 5.74) is 0.339. The minimum absolute atomic E-state index is 0.0940. The van der Waals surface area contributed by atoms with Gasteiger partial charge in [-0.3, -0.25) is 9.80 Å². The molecular weight excluding hydrogens is 460 g/mol. The third-order valence-corrected chi connectivity index (χ3v) is 6.22. The number of piperazine rings is 1. The van der Waals surface area contributed by atoms with Crippen molar-refractivity contribution in [2.45, 2.75) is 52.7 Å². The lowest BCUT2D eigenvalue weighted by atomic mass is 10.0. The number of rotatable bonds is 5. The van der Waals surface area contributed by atoms with Gasteiger partial charge in [-0.25, -0.2) is 14.8 Å². The molecule has 36 heavy (non-hydrogen) atoms. The molecule has 2 aromatic heterocycles. The average Bonchev–Trinajstić information content (AvgIpc) is 3.17. The maximum atomic E-state index is 12.9. The molecule has 11 nitrogen and oxygen atoms in total. The quantitative estimate of drug-likeness (QED) is 0.663. The average molecular weight is 497 g/mol. The number of amides is 2. The van der Waals surface area contributed by atoms with E-state index in [-0.39, 0.29) is 24.3 Å². The third kappa shape index (κ3) is 5.84. The third-order valence-electron chi connectivity index (χ3n) is 6.22. The summed E-state index contributed by atoms with van der Waals surface area (Å²) in [6.45, 7) is 13.3. The molecule has 2 aliphatic heterocycles. The van der Waals surface area contributed by atoms with Gasteiger partial charge in [-0.1, -0.05) is 13.8 Å². The zero-order valence-electron chi connectivity index (χ0n) is 21.9. The Morgan fingerprint density at radius 3 is 2.44 bits per heavy atom. The number of nitrogens with one attached hydrogen (secondary N) is 1. The SMILES string of the molecule is CC(C)C1CC(=O)N(C(=O)OC(C)(C)C)N1c1ccnc(Nc2ccc(N3CCN(C)CC3)cn2)n1. The van der Waals surface area contributed by atoms with Crippen molar-refractivity contribution in [1.82, 2.24) is 24.9 Å². The maximum Gasteiger partial charge on any atom is 0.436 e. The number of hydrogen-bond donors (Lipinski definition) is 1. The second-order valence-corrected chi connectivity index (χ2v) is 10.6. The van der Waals surface area contributed by atoms with E-state index in [0.29, 0.717) is 17.6 Å². The zero-order chi connectivity index (χ0) is 26.0. The van der Waals surface area contributed by atoms with Gasteiger partial charge in [-0.2, -0.15) is 4.98 Å². The summed E-state index contributed by atoms with van der Waals surface area (Å²) in [5.74, 6) is 1.12. The number of hydrazine groups is 1. The minimum atomic E-state index is -0.737. The molecule has 1 atom stereocenters. The van der Waals surface area contributed by atoms with Gasteiger partial charge in [-0.05, 0) is 45.9 Å². The van der Waals surface area contributed by atoms with Gasteiger partial charge in [0.2, 0.25) is 5.95 Å². The summed E-state index contributed by atoms with van der Waals surface area (Å²) >= 11 is 0. The van der Waals surface area contributed by atoms with Gasteiger partial charge < -0.3 is 19.9 Å². The van der Waals surface area contributed by atoms with Crippen molar-refractivity contribution in [3.05, 3.63) is 30.6 Å². The largest absolute Gasteiger partial charge is 0.442 e. The molecule has 2 fully saturated rings. The normalized spacial score (nSPS) is 19.2. The number of likely N-dealkylation sites (N-methyl/N-ethyl adjacent to an activating group) is 1. The molecule has 4 heterocycles. The van der Waals surface area contributed by atoms with Crippen molar-refractivity contribution in [2.24, 2.45) is 5.92 Å². The van der Waals surface area contributed by atoms with Crippen molar-refractivity contribution in [1.29, 1.82) is 0 Å². The fourth-order valence-electron chi connectivity index (χ4n) is 4.27. The van der Waals surface area contributed by atoms with Gasteiger partial charge in [0.1, 0.15) is 11.4 Å². The van der Waals surface area contributed by atoms with Crippen LogP contribution in [0.1, 0.15) is 41.0 Å². The topological polar surface area (TPSA) is 107 Å². The molecule has 0 aliphatic carbocycles. The molecular formula is C25H36N8O3. The molecule has 4 rings (SSSR count). The maximum absolute atomic E-state index is 12.9. The van der Waals surface area contributed by atoms with Crippen molar-refractivity contribution in [2.75, 3.05) is 48.5 Å². The van der Waals surface area contributed by atoms with Crippen LogP contribution in [0.25, 0.3) is 0 Å². The van der Waals surface area contributed by atoms with Crippen LogP contribution in [0.15, 0.2) is 30.6 Å². The zero-order valence-corrected chi connectivity index (χ0v) is 21.9. The van der Waals surface area contributed by atoms with E-state index in [1.807, 2.05) is 32.2 Å². The van der Waals surface area contributed by atoms with Crippen molar-refractivity contribution in [3.63, 3.8) is 0 Å². The Morgan fingerprint density at radius 1 is 1.11 bits per heavy atom. The molecule has 11 heteroatoms. The van der Waals surface area contributed by atoms with Gasteiger partial charge in [0.25, 0.3) is 5.91 Å². The van der Waals surface area contributed by atoms with Crippen molar-refractivity contribution in [3.8, 4) is 0 Å². The molecule has 0 radical (unpaired) electrons. The fraction of sp³-hybridized carbons (Fsp3) is 0.560. The van der Waals surface area contributed by atoms with Crippen LogP contribution < -0.4 is 15.2 Å². The molecule has 1 N–H and O–H groups in total. The fourth-order valence-corrected chi connectivity index (χ4v) is 4.27. The number of carbonyl (C=O) groups is 2. The molecule has 0 bridgehead atoms. The van der Waals surface area contributed by atoms with E-state index in [1.165, 1.54) is 0 Å². The number of nitrogens with zero attached hydrogens (tertiary/aromatic N) is 7. The number of aromatic nitrogens is 3. The van der Waals surface area contributed by atoms with Gasteiger partial charge >= 0.3 is 6.09 Å². The smallest absolute Gasteiger partial charge is 0.436 e. The van der Waals surface area contributed by atoms with Crippen LogP contribution in [-0.2, 0) is 9.53 Å². The number of hydrogen-bond acceptors (Lipinski definition) is 10. The van der Waals surface area contributed by atoms with E-state index < -0.39 is 11.7 Å². The summed E-state index contributed by atoms with van der Waals surface area (Å²) < 4.78 is 5.51. The summed E-state index contributed by atoms with van der Waals surface area (Å²) in [4.78, 5) is 43.9. The molecule has 0 saturated carbocycles. The lowest BCUT2D eigenvalue weighted by Crippen LogP contribution is -2.50. The Labute approximate surface area is 212 Å². The van der Waals surface area contributed by atoms with E-state index in [0.717, 1.165) is 36.9 Å². The van der Waals surface area contributed by atoms with Gasteiger partial charge in [0.05, 0.1) is 24.3 Å². The van der Waals surface area contributed by atoms with Gasteiger partial charge in [-0.15, -0.1) is 5.01 Å². The summed E-state index contributed by atoms with van der Waals surface area (Å²) in [5, 5.41) is 5.82. The first kappa shape index (κ1) is 25.6.